The zero-order valence-corrected chi connectivity index (χ0v) is 18.1. The highest BCUT2D eigenvalue weighted by Crippen LogP contribution is 2.37. The minimum absolute atomic E-state index is 0.101. The number of hydrogen-bond acceptors (Lipinski definition) is 4. The van der Waals surface area contributed by atoms with Gasteiger partial charge in [0.15, 0.2) is 0 Å². The summed E-state index contributed by atoms with van der Waals surface area (Å²) in [6.45, 7) is 9.67. The van der Waals surface area contributed by atoms with Crippen LogP contribution < -0.4 is 14.8 Å². The van der Waals surface area contributed by atoms with Gasteiger partial charge in [0.2, 0.25) is 5.91 Å². The monoisotopic (exact) mass is 407 g/mol. The Balaban J connectivity index is 2.03. The van der Waals surface area contributed by atoms with Crippen LogP contribution in [0.5, 0.6) is 11.5 Å². The highest BCUT2D eigenvalue weighted by Gasteiger charge is 2.15. The molecule has 5 heteroatoms. The lowest BCUT2D eigenvalue weighted by Crippen LogP contribution is -2.21. The van der Waals surface area contributed by atoms with Gasteiger partial charge in [-0.3, -0.25) is 4.79 Å². The van der Waals surface area contributed by atoms with Crippen molar-refractivity contribution in [2.24, 2.45) is 0 Å². The fraction of sp³-hybridized carbons (Fsp3) is 0.320. The van der Waals surface area contributed by atoms with Gasteiger partial charge in [0, 0.05) is 35.2 Å². The molecule has 0 saturated heterocycles. The molecule has 0 radical (unpaired) electrons. The molecule has 158 valence electrons. The van der Waals surface area contributed by atoms with Crippen molar-refractivity contribution in [3.05, 3.63) is 54.3 Å². The third-order valence-corrected chi connectivity index (χ3v) is 4.77. The standard InChI is InChI=1S/C25H29NO4/c1-5-12-26-25(27)13-17(4)20-14-21-22(16-30-24(21)15-23(20)29-7-3)18-8-10-19(11-9-18)28-6-2/h8-11,13-16H,5-7,12H2,1-4H3,(H,26,27)/b17-13+. The van der Waals surface area contributed by atoms with Crippen molar-refractivity contribution >= 4 is 22.4 Å². The molecule has 0 bridgehead atoms. The smallest absolute Gasteiger partial charge is 0.244 e. The lowest BCUT2D eigenvalue weighted by molar-refractivity contribution is -0.116. The van der Waals surface area contributed by atoms with Crippen molar-refractivity contribution in [1.82, 2.24) is 5.32 Å². The fourth-order valence-corrected chi connectivity index (χ4v) is 3.33. The van der Waals surface area contributed by atoms with Crippen LogP contribution in [0.25, 0.3) is 27.7 Å². The zero-order valence-electron chi connectivity index (χ0n) is 18.1. The maximum atomic E-state index is 12.2. The van der Waals surface area contributed by atoms with Crippen LogP contribution in [0.2, 0.25) is 0 Å². The predicted molar refractivity (Wildman–Crippen MR) is 121 cm³/mol. The first-order valence-corrected chi connectivity index (χ1v) is 10.4. The summed E-state index contributed by atoms with van der Waals surface area (Å²) < 4.78 is 17.2. The van der Waals surface area contributed by atoms with Gasteiger partial charge in [0.05, 0.1) is 19.5 Å². The third-order valence-electron chi connectivity index (χ3n) is 4.77. The van der Waals surface area contributed by atoms with Crippen molar-refractivity contribution in [3.63, 3.8) is 0 Å². The quantitative estimate of drug-likeness (QED) is 0.454. The van der Waals surface area contributed by atoms with Gasteiger partial charge < -0.3 is 19.2 Å². The molecule has 1 amide bonds. The Morgan fingerprint density at radius 3 is 2.47 bits per heavy atom. The average molecular weight is 408 g/mol. The molecule has 0 spiro atoms. The molecule has 1 heterocycles. The summed E-state index contributed by atoms with van der Waals surface area (Å²) in [5, 5.41) is 3.85. The number of amides is 1. The summed E-state index contributed by atoms with van der Waals surface area (Å²) in [5.41, 5.74) is 4.49. The van der Waals surface area contributed by atoms with E-state index in [0.29, 0.717) is 25.5 Å². The number of benzene rings is 2. The summed E-state index contributed by atoms with van der Waals surface area (Å²) in [4.78, 5) is 12.2. The van der Waals surface area contributed by atoms with Crippen LogP contribution in [0.1, 0.15) is 39.7 Å². The lowest BCUT2D eigenvalue weighted by atomic mass is 9.99. The zero-order chi connectivity index (χ0) is 21.5. The second kappa shape index (κ2) is 10.0. The van der Waals surface area contributed by atoms with Gasteiger partial charge in [0.1, 0.15) is 17.1 Å². The van der Waals surface area contributed by atoms with Gasteiger partial charge >= 0.3 is 0 Å². The van der Waals surface area contributed by atoms with E-state index in [-0.39, 0.29) is 5.91 Å². The SMILES string of the molecule is CCCNC(=O)/C=C(\C)c1cc2c(-c3ccc(OCC)cc3)coc2cc1OCC. The third kappa shape index (κ3) is 4.85. The molecule has 1 aromatic heterocycles. The second-order valence-electron chi connectivity index (χ2n) is 7.00. The summed E-state index contributed by atoms with van der Waals surface area (Å²) >= 11 is 0. The molecule has 5 nitrogen and oxygen atoms in total. The summed E-state index contributed by atoms with van der Waals surface area (Å²) in [6.07, 6.45) is 4.28. The molecule has 0 saturated carbocycles. The first kappa shape index (κ1) is 21.5. The summed E-state index contributed by atoms with van der Waals surface area (Å²) in [6, 6.07) is 11.9. The Kier molecular flexibility index (Phi) is 7.17. The predicted octanol–water partition coefficient (Wildman–Crippen LogP) is 5.83. The van der Waals surface area contributed by atoms with Gasteiger partial charge in [-0.25, -0.2) is 0 Å². The number of rotatable bonds is 9. The normalized spacial score (nSPS) is 11.5. The molecule has 0 fully saturated rings. The van der Waals surface area contributed by atoms with Crippen LogP contribution in [-0.4, -0.2) is 25.7 Å². The molecule has 3 aromatic rings. The van der Waals surface area contributed by atoms with Crippen LogP contribution in [0, 0.1) is 0 Å². The molecule has 0 aliphatic rings. The lowest BCUT2D eigenvalue weighted by Gasteiger charge is -2.12. The number of carbonyl (C=O) groups excluding carboxylic acids is 1. The number of nitrogens with one attached hydrogen (secondary N) is 1. The number of carbonyl (C=O) groups is 1. The molecule has 1 N–H and O–H groups in total. The second-order valence-corrected chi connectivity index (χ2v) is 7.00. The van der Waals surface area contributed by atoms with Crippen molar-refractivity contribution in [2.45, 2.75) is 34.1 Å². The molecule has 0 atom stereocenters. The first-order chi connectivity index (χ1) is 14.6. The number of furan rings is 1. The largest absolute Gasteiger partial charge is 0.494 e. The maximum Gasteiger partial charge on any atom is 0.244 e. The number of allylic oxidation sites excluding steroid dienone is 1. The van der Waals surface area contributed by atoms with E-state index in [0.717, 1.165) is 45.4 Å². The van der Waals surface area contributed by atoms with E-state index in [4.69, 9.17) is 13.9 Å². The van der Waals surface area contributed by atoms with Gasteiger partial charge in [-0.05, 0) is 56.5 Å². The van der Waals surface area contributed by atoms with Crippen molar-refractivity contribution in [1.29, 1.82) is 0 Å². The van der Waals surface area contributed by atoms with E-state index >= 15 is 0 Å². The van der Waals surface area contributed by atoms with E-state index in [1.54, 1.807) is 12.3 Å². The maximum absolute atomic E-state index is 12.2. The molecule has 30 heavy (non-hydrogen) atoms. The van der Waals surface area contributed by atoms with Crippen molar-refractivity contribution in [2.75, 3.05) is 19.8 Å². The van der Waals surface area contributed by atoms with Gasteiger partial charge in [-0.1, -0.05) is 19.1 Å². The Hall–Kier alpha value is -3.21. The summed E-state index contributed by atoms with van der Waals surface area (Å²) in [7, 11) is 0. The molecular weight excluding hydrogens is 378 g/mol. The van der Waals surface area contributed by atoms with E-state index in [9.17, 15) is 4.79 Å². The Morgan fingerprint density at radius 1 is 1.07 bits per heavy atom. The molecule has 0 unspecified atom stereocenters. The van der Waals surface area contributed by atoms with E-state index in [1.165, 1.54) is 0 Å². The van der Waals surface area contributed by atoms with Gasteiger partial charge in [-0.2, -0.15) is 0 Å². The first-order valence-electron chi connectivity index (χ1n) is 10.4. The van der Waals surface area contributed by atoms with Gasteiger partial charge in [0.25, 0.3) is 0 Å². The molecule has 0 aliphatic carbocycles. The van der Waals surface area contributed by atoms with Crippen molar-refractivity contribution < 1.29 is 18.7 Å². The Morgan fingerprint density at radius 2 is 1.80 bits per heavy atom. The Labute approximate surface area is 177 Å². The average Bonchev–Trinajstić information content (AvgIpc) is 3.15. The van der Waals surface area contributed by atoms with Crippen LogP contribution in [0.15, 0.2) is 53.2 Å². The highest BCUT2D eigenvalue weighted by molar-refractivity contribution is 6.00. The minimum Gasteiger partial charge on any atom is -0.494 e. The molecule has 2 aromatic carbocycles. The Bertz CT molecular complexity index is 1030. The number of fused-ring (bicyclic) bond motifs is 1. The van der Waals surface area contributed by atoms with Crippen molar-refractivity contribution in [3.8, 4) is 22.6 Å². The summed E-state index contributed by atoms with van der Waals surface area (Å²) in [5.74, 6) is 1.44. The highest BCUT2D eigenvalue weighted by atomic mass is 16.5. The molecule has 0 aliphatic heterocycles. The number of ether oxygens (including phenoxy) is 2. The minimum atomic E-state index is -0.101. The van der Waals surface area contributed by atoms with Crippen LogP contribution in [-0.2, 0) is 4.79 Å². The van der Waals surface area contributed by atoms with Crippen LogP contribution in [0.3, 0.4) is 0 Å². The molecule has 3 rings (SSSR count). The van der Waals surface area contributed by atoms with E-state index < -0.39 is 0 Å². The topological polar surface area (TPSA) is 60.7 Å². The molecular formula is C25H29NO4. The van der Waals surface area contributed by atoms with Gasteiger partial charge in [-0.15, -0.1) is 0 Å². The fourth-order valence-electron chi connectivity index (χ4n) is 3.33. The van der Waals surface area contributed by atoms with Crippen LogP contribution >= 0.6 is 0 Å². The van der Waals surface area contributed by atoms with E-state index in [1.807, 2.05) is 64.1 Å². The van der Waals surface area contributed by atoms with Crippen LogP contribution in [0.4, 0.5) is 0 Å². The number of hydrogen-bond donors (Lipinski definition) is 1. The van der Waals surface area contributed by atoms with E-state index in [2.05, 4.69) is 5.32 Å².